The van der Waals surface area contributed by atoms with Crippen LogP contribution in [0.4, 0.5) is 22.0 Å². The van der Waals surface area contributed by atoms with Crippen molar-refractivity contribution in [3.63, 3.8) is 0 Å². The fourth-order valence-corrected chi connectivity index (χ4v) is 2.33. The van der Waals surface area contributed by atoms with E-state index in [9.17, 15) is 26.5 Å². The summed E-state index contributed by atoms with van der Waals surface area (Å²) in [5.41, 5.74) is 2.73. The number of alkyl halides is 5. The van der Waals surface area contributed by atoms with Crippen LogP contribution in [-0.4, -0.2) is 25.3 Å². The molecule has 0 atom stereocenters. The lowest BCUT2D eigenvalue weighted by Gasteiger charge is -2.21. The van der Waals surface area contributed by atoms with E-state index in [1.54, 1.807) is 0 Å². The van der Waals surface area contributed by atoms with Crippen LogP contribution in [0, 0.1) is 0 Å². The maximum Gasteiger partial charge on any atom is 0.459 e. The van der Waals surface area contributed by atoms with Crippen molar-refractivity contribution in [2.75, 3.05) is 13.2 Å². The Morgan fingerprint density at radius 2 is 1.56 bits per heavy atom. The van der Waals surface area contributed by atoms with Crippen molar-refractivity contribution in [1.82, 2.24) is 0 Å². The molecule has 0 rings (SSSR count). The summed E-state index contributed by atoms with van der Waals surface area (Å²) in [4.78, 5) is 0. The average molecular weight is 297 g/mol. The standard InChI is InChI=1S/C8H13F5NO3P/c1-3-16-18(15,17-4-2)5-6(14)7(9,10)8(11,12)13/h5H,3-4,14H2,1-2H3/b6-5-. The minimum Gasteiger partial charge on any atom is -0.397 e. The molecule has 0 aromatic carbocycles. The maximum atomic E-state index is 12.8. The van der Waals surface area contributed by atoms with Crippen LogP contribution in [0.15, 0.2) is 11.5 Å². The molecule has 0 amide bonds. The Kier molecular flexibility index (Phi) is 5.77. The summed E-state index contributed by atoms with van der Waals surface area (Å²) in [6.45, 7) is 2.35. The summed E-state index contributed by atoms with van der Waals surface area (Å²) in [7, 11) is -4.21. The van der Waals surface area contributed by atoms with Crippen LogP contribution in [0.5, 0.6) is 0 Å². The second kappa shape index (κ2) is 5.99. The smallest absolute Gasteiger partial charge is 0.397 e. The molecule has 0 aliphatic heterocycles. The molecular formula is C8H13F5NO3P. The molecule has 0 aromatic rings. The molecule has 4 nitrogen and oxygen atoms in total. The number of halogens is 5. The summed E-state index contributed by atoms with van der Waals surface area (Å²) < 4.78 is 82.3. The molecule has 0 fully saturated rings. The lowest BCUT2D eigenvalue weighted by molar-refractivity contribution is -0.264. The van der Waals surface area contributed by atoms with Gasteiger partial charge in [0.05, 0.1) is 24.7 Å². The van der Waals surface area contributed by atoms with E-state index >= 15 is 0 Å². The summed E-state index contributed by atoms with van der Waals surface area (Å²) >= 11 is 0. The SMILES string of the molecule is CCOP(=O)(/C=C(\N)C(F)(F)C(F)(F)F)OCC. The molecule has 0 saturated carbocycles. The first kappa shape index (κ1) is 17.3. The van der Waals surface area contributed by atoms with E-state index in [0.717, 1.165) is 0 Å². The number of rotatable bonds is 6. The van der Waals surface area contributed by atoms with E-state index in [1.165, 1.54) is 13.8 Å². The van der Waals surface area contributed by atoms with Crippen molar-refractivity contribution in [2.45, 2.75) is 25.9 Å². The van der Waals surface area contributed by atoms with Crippen LogP contribution in [0.1, 0.15) is 13.8 Å². The van der Waals surface area contributed by atoms with Crippen molar-refractivity contribution in [3.05, 3.63) is 11.5 Å². The predicted molar refractivity (Wildman–Crippen MR) is 54.1 cm³/mol. The van der Waals surface area contributed by atoms with Crippen molar-refractivity contribution >= 4 is 7.60 Å². The molecule has 0 radical (unpaired) electrons. The summed E-state index contributed by atoms with van der Waals surface area (Å²) in [6.07, 6.45) is -5.88. The Bertz CT molecular complexity index is 345. The Morgan fingerprint density at radius 3 is 1.83 bits per heavy atom. The molecule has 108 valence electrons. The summed E-state index contributed by atoms with van der Waals surface area (Å²) in [6, 6.07) is 0. The van der Waals surface area contributed by atoms with Crippen molar-refractivity contribution in [3.8, 4) is 0 Å². The van der Waals surface area contributed by atoms with Crippen LogP contribution in [0.25, 0.3) is 0 Å². The molecule has 2 N–H and O–H groups in total. The molecule has 0 heterocycles. The molecule has 0 aromatic heterocycles. The third-order valence-corrected chi connectivity index (χ3v) is 3.46. The van der Waals surface area contributed by atoms with E-state index in [2.05, 4.69) is 14.8 Å². The summed E-state index contributed by atoms with van der Waals surface area (Å²) in [5.74, 6) is -5.30. The molecule has 0 unspecified atom stereocenters. The fraction of sp³-hybridized carbons (Fsp3) is 0.750. The van der Waals surface area contributed by atoms with E-state index in [-0.39, 0.29) is 19.0 Å². The highest BCUT2D eigenvalue weighted by atomic mass is 31.2. The minimum absolute atomic E-state index is 0.00646. The Balaban J connectivity index is 5.33. The normalized spacial score (nSPS) is 14.9. The third kappa shape index (κ3) is 4.22. The second-order valence-corrected chi connectivity index (χ2v) is 4.89. The first-order chi connectivity index (χ1) is 8.00. The lowest BCUT2D eigenvalue weighted by atomic mass is 10.2. The number of hydrogen-bond donors (Lipinski definition) is 1. The topological polar surface area (TPSA) is 61.5 Å². The minimum atomic E-state index is -5.88. The largest absolute Gasteiger partial charge is 0.459 e. The third-order valence-electron chi connectivity index (χ3n) is 1.63. The highest BCUT2D eigenvalue weighted by Crippen LogP contribution is 2.52. The van der Waals surface area contributed by atoms with Gasteiger partial charge in [-0.1, -0.05) is 0 Å². The van der Waals surface area contributed by atoms with Crippen LogP contribution in [0.2, 0.25) is 0 Å². The molecule has 18 heavy (non-hydrogen) atoms. The van der Waals surface area contributed by atoms with Crippen LogP contribution < -0.4 is 5.73 Å². The maximum absolute atomic E-state index is 12.8. The highest BCUT2D eigenvalue weighted by Gasteiger charge is 2.60. The quantitative estimate of drug-likeness (QED) is 0.604. The Labute approximate surface area is 100 Å². The molecule has 0 saturated heterocycles. The van der Waals surface area contributed by atoms with Gasteiger partial charge < -0.3 is 14.8 Å². The zero-order valence-corrected chi connectivity index (χ0v) is 10.5. The van der Waals surface area contributed by atoms with Crippen LogP contribution in [-0.2, 0) is 13.6 Å². The lowest BCUT2D eigenvalue weighted by Crippen LogP contribution is -2.41. The van der Waals surface area contributed by atoms with E-state index < -0.39 is 25.4 Å². The predicted octanol–water partition coefficient (Wildman–Crippen LogP) is 3.25. The van der Waals surface area contributed by atoms with Gasteiger partial charge in [-0.2, -0.15) is 22.0 Å². The van der Waals surface area contributed by atoms with Gasteiger partial charge in [0.1, 0.15) is 0 Å². The molecule has 0 bridgehead atoms. The molecule has 0 aliphatic carbocycles. The first-order valence-corrected chi connectivity index (χ1v) is 6.43. The zero-order valence-electron chi connectivity index (χ0n) is 9.63. The molecular weight excluding hydrogens is 284 g/mol. The highest BCUT2D eigenvalue weighted by molar-refractivity contribution is 7.57. The Hall–Kier alpha value is -0.660. The number of hydrogen-bond acceptors (Lipinski definition) is 4. The fourth-order valence-electron chi connectivity index (χ4n) is 0.887. The van der Waals surface area contributed by atoms with Crippen LogP contribution in [0.3, 0.4) is 0 Å². The van der Waals surface area contributed by atoms with Gasteiger partial charge in [0.15, 0.2) is 0 Å². The van der Waals surface area contributed by atoms with Gasteiger partial charge in [0, 0.05) is 0 Å². The number of allylic oxidation sites excluding steroid dienone is 1. The van der Waals surface area contributed by atoms with Gasteiger partial charge in [-0.05, 0) is 13.8 Å². The van der Waals surface area contributed by atoms with Gasteiger partial charge in [-0.25, -0.2) is 0 Å². The molecule has 0 aliphatic rings. The zero-order chi connectivity index (χ0) is 14.6. The van der Waals surface area contributed by atoms with Crippen molar-refractivity contribution in [1.29, 1.82) is 0 Å². The number of nitrogens with two attached hydrogens (primary N) is 1. The second-order valence-electron chi connectivity index (χ2n) is 3.03. The average Bonchev–Trinajstić information content (AvgIpc) is 2.15. The molecule has 0 spiro atoms. The van der Waals surface area contributed by atoms with Gasteiger partial charge in [-0.15, -0.1) is 0 Å². The monoisotopic (exact) mass is 297 g/mol. The van der Waals surface area contributed by atoms with E-state index in [4.69, 9.17) is 0 Å². The van der Waals surface area contributed by atoms with Crippen LogP contribution >= 0.6 is 7.60 Å². The Morgan fingerprint density at radius 1 is 1.17 bits per heavy atom. The van der Waals surface area contributed by atoms with Gasteiger partial charge in [0.25, 0.3) is 0 Å². The van der Waals surface area contributed by atoms with E-state index in [0.29, 0.717) is 0 Å². The van der Waals surface area contributed by atoms with Crippen molar-refractivity contribution in [2.24, 2.45) is 5.73 Å². The first-order valence-electron chi connectivity index (χ1n) is 4.82. The summed E-state index contributed by atoms with van der Waals surface area (Å²) in [5, 5.41) is 0. The molecule has 10 heteroatoms. The van der Waals surface area contributed by atoms with E-state index in [1.807, 2.05) is 0 Å². The van der Waals surface area contributed by atoms with Gasteiger partial charge in [-0.3, -0.25) is 4.57 Å². The van der Waals surface area contributed by atoms with Gasteiger partial charge in [0.2, 0.25) is 0 Å². The van der Waals surface area contributed by atoms with Crippen molar-refractivity contribution < 1.29 is 35.6 Å². The van der Waals surface area contributed by atoms with Gasteiger partial charge >= 0.3 is 19.7 Å².